The Bertz CT molecular complexity index is 2160. The molecule has 4 aliphatic rings. The summed E-state index contributed by atoms with van der Waals surface area (Å²) in [5, 5.41) is 11.9. The van der Waals surface area contributed by atoms with Crippen molar-refractivity contribution in [3.8, 4) is 11.5 Å². The Morgan fingerprint density at radius 1 is 0.843 bits per heavy atom. The Labute approximate surface area is 294 Å². The minimum Gasteiger partial charge on any atom is -0.508 e. The van der Waals surface area contributed by atoms with E-state index in [1.54, 1.807) is 36.4 Å². The Morgan fingerprint density at radius 2 is 1.51 bits per heavy atom. The number of carbonyl (C=O) groups excluding carboxylic acids is 5. The first-order valence-corrected chi connectivity index (χ1v) is 17.0. The zero-order valence-electron chi connectivity index (χ0n) is 27.5. The van der Waals surface area contributed by atoms with Gasteiger partial charge in [-0.1, -0.05) is 109 Å². The van der Waals surface area contributed by atoms with E-state index in [0.717, 1.165) is 5.56 Å². The number of aromatic hydroxyl groups is 1. The lowest BCUT2D eigenvalue weighted by molar-refractivity contribution is -0.137. The van der Waals surface area contributed by atoms with Crippen molar-refractivity contribution in [3.05, 3.63) is 149 Å². The van der Waals surface area contributed by atoms with E-state index >= 15 is 4.79 Å². The molecule has 254 valence electrons. The number of amides is 4. The fraction of sp³-hybridized carbons (Fsp3) is 0.214. The molecule has 4 amide bonds. The van der Waals surface area contributed by atoms with Crippen molar-refractivity contribution in [2.24, 2.45) is 29.4 Å². The van der Waals surface area contributed by atoms with Crippen molar-refractivity contribution in [2.75, 3.05) is 0 Å². The quantitative estimate of drug-likeness (QED) is 0.192. The molecule has 9 nitrogen and oxygen atoms in total. The van der Waals surface area contributed by atoms with Crippen molar-refractivity contribution in [1.82, 2.24) is 4.90 Å². The number of rotatable bonds is 6. The van der Waals surface area contributed by atoms with Gasteiger partial charge in [-0.3, -0.25) is 19.2 Å². The molecule has 0 spiro atoms. The van der Waals surface area contributed by atoms with Crippen LogP contribution in [0, 0.1) is 23.7 Å². The number of Topliss-reactive ketones (excluding diaryl/α,β-unsaturated/α-hetero) is 1. The van der Waals surface area contributed by atoms with E-state index in [-0.39, 0.29) is 42.3 Å². The SMILES string of the molecule is NC(=O)N1C(=O)[C@H]2[C@H](CC=C3[C@H]2C[C@H]2C(=O)C(c4ccccc4)=CC(=O)[C@@]2(c2ccccc2)[C@H]3c2ccc(OCc3ccccc3)cc2O)C1=O. The van der Waals surface area contributed by atoms with Gasteiger partial charge in [0.15, 0.2) is 11.6 Å². The number of likely N-dealkylation sites (tertiary alicyclic amines) is 1. The van der Waals surface area contributed by atoms with Crippen molar-refractivity contribution >= 4 is 35.0 Å². The van der Waals surface area contributed by atoms with Gasteiger partial charge in [0, 0.05) is 29.0 Å². The third kappa shape index (κ3) is 4.94. The van der Waals surface area contributed by atoms with Crippen LogP contribution in [0.1, 0.15) is 41.0 Å². The van der Waals surface area contributed by atoms with Crippen LogP contribution in [-0.4, -0.2) is 39.4 Å². The highest BCUT2D eigenvalue weighted by atomic mass is 16.5. The molecule has 9 heteroatoms. The van der Waals surface area contributed by atoms with Gasteiger partial charge in [0.2, 0.25) is 11.8 Å². The molecule has 1 heterocycles. The fourth-order valence-electron chi connectivity index (χ4n) is 9.03. The second-order valence-corrected chi connectivity index (χ2v) is 13.6. The summed E-state index contributed by atoms with van der Waals surface area (Å²) in [5.74, 6) is -6.10. The second-order valence-electron chi connectivity index (χ2n) is 13.6. The number of nitrogens with zero attached hydrogens (tertiary/aromatic N) is 1. The summed E-state index contributed by atoms with van der Waals surface area (Å²) >= 11 is 0. The average Bonchev–Trinajstić information content (AvgIpc) is 3.41. The molecule has 2 fully saturated rings. The van der Waals surface area contributed by atoms with Crippen LogP contribution >= 0.6 is 0 Å². The lowest BCUT2D eigenvalue weighted by Gasteiger charge is -2.55. The fourth-order valence-corrected chi connectivity index (χ4v) is 9.03. The van der Waals surface area contributed by atoms with E-state index in [9.17, 15) is 24.3 Å². The Hall–Kier alpha value is -6.09. The first-order valence-electron chi connectivity index (χ1n) is 17.0. The number of ether oxygens (including phenoxy) is 1. The van der Waals surface area contributed by atoms with Crippen LogP contribution in [0.3, 0.4) is 0 Å². The molecule has 6 atom stereocenters. The number of phenolic OH excluding ortho intramolecular Hbond substituents is 1. The van der Waals surface area contributed by atoms with Gasteiger partial charge in [-0.05, 0) is 47.6 Å². The number of hydrogen-bond acceptors (Lipinski definition) is 7. The van der Waals surface area contributed by atoms with E-state index in [0.29, 0.717) is 32.9 Å². The molecule has 3 aliphatic carbocycles. The number of fused-ring (bicyclic) bond motifs is 4. The smallest absolute Gasteiger partial charge is 0.328 e. The Balaban J connectivity index is 1.33. The summed E-state index contributed by atoms with van der Waals surface area (Å²) in [5.41, 5.74) is 7.44. The number of nitrogens with two attached hydrogens (primary N) is 1. The third-order valence-corrected chi connectivity index (χ3v) is 11.2. The molecule has 8 rings (SSSR count). The number of carbonyl (C=O) groups is 5. The average molecular weight is 679 g/mol. The van der Waals surface area contributed by atoms with E-state index < -0.39 is 52.8 Å². The van der Waals surface area contributed by atoms with Crippen LogP contribution < -0.4 is 10.5 Å². The molecule has 1 aliphatic heterocycles. The maximum absolute atomic E-state index is 15.1. The number of hydrogen-bond donors (Lipinski definition) is 2. The highest BCUT2D eigenvalue weighted by Gasteiger charge is 2.66. The lowest BCUT2D eigenvalue weighted by Crippen LogP contribution is -2.58. The minimum atomic E-state index is -1.51. The standard InChI is InChI=1S/C42H34N2O7/c43-41(50)44-39(48)30-19-18-28-32(36(30)40(44)49)21-33-38(47)31(25-12-6-2-7-13-25)22-35(46)42(33,26-14-8-3-9-15-26)37(28)29-17-16-27(20-34(29)45)51-23-24-10-4-1-5-11-24/h1-18,20,22,30,32-33,36-37,45H,19,21,23H2,(H2,43,50)/t30-,32+,33-,36-,37+,42-/m0/s1. The van der Waals surface area contributed by atoms with Crippen LogP contribution in [0.5, 0.6) is 11.5 Å². The van der Waals surface area contributed by atoms with Crippen LogP contribution in [-0.2, 0) is 31.2 Å². The summed E-state index contributed by atoms with van der Waals surface area (Å²) in [7, 11) is 0. The van der Waals surface area contributed by atoms with Gasteiger partial charge in [-0.2, -0.15) is 4.90 Å². The molecule has 0 radical (unpaired) electrons. The molecular formula is C42H34N2O7. The molecule has 3 N–H and O–H groups in total. The van der Waals surface area contributed by atoms with Crippen LogP contribution in [0.2, 0.25) is 0 Å². The van der Waals surface area contributed by atoms with E-state index in [2.05, 4.69) is 0 Å². The van der Waals surface area contributed by atoms with E-state index in [4.69, 9.17) is 10.5 Å². The summed E-state index contributed by atoms with van der Waals surface area (Å²) in [6.45, 7) is 0.266. The van der Waals surface area contributed by atoms with Gasteiger partial charge in [0.1, 0.15) is 18.1 Å². The number of benzene rings is 4. The third-order valence-electron chi connectivity index (χ3n) is 11.2. The first-order chi connectivity index (χ1) is 24.7. The number of urea groups is 1. The molecule has 4 aromatic carbocycles. The molecule has 0 aromatic heterocycles. The van der Waals surface area contributed by atoms with Crippen LogP contribution in [0.15, 0.2) is 127 Å². The van der Waals surface area contributed by atoms with Crippen molar-refractivity contribution in [1.29, 1.82) is 0 Å². The highest BCUT2D eigenvalue weighted by Crippen LogP contribution is 2.64. The molecule has 1 saturated carbocycles. The number of allylic oxidation sites excluding steroid dienone is 4. The highest BCUT2D eigenvalue weighted by molar-refractivity contribution is 6.31. The summed E-state index contributed by atoms with van der Waals surface area (Å²) in [6.07, 6.45) is 3.48. The number of imide groups is 3. The van der Waals surface area contributed by atoms with Crippen LogP contribution in [0.4, 0.5) is 4.79 Å². The van der Waals surface area contributed by atoms with Crippen molar-refractivity contribution in [2.45, 2.75) is 30.8 Å². The van der Waals surface area contributed by atoms with Crippen molar-refractivity contribution in [3.63, 3.8) is 0 Å². The van der Waals surface area contributed by atoms with Crippen LogP contribution in [0.25, 0.3) is 5.57 Å². The van der Waals surface area contributed by atoms with Gasteiger partial charge < -0.3 is 15.6 Å². The summed E-state index contributed by atoms with van der Waals surface area (Å²) < 4.78 is 6.02. The predicted molar refractivity (Wildman–Crippen MR) is 187 cm³/mol. The minimum absolute atomic E-state index is 0.0673. The normalized spacial score (nSPS) is 26.8. The molecule has 4 aromatic rings. The molecule has 0 unspecified atom stereocenters. The maximum atomic E-state index is 15.1. The summed E-state index contributed by atoms with van der Waals surface area (Å²) in [6, 6.07) is 31.5. The largest absolute Gasteiger partial charge is 0.508 e. The predicted octanol–water partition coefficient (Wildman–Crippen LogP) is 5.87. The van der Waals surface area contributed by atoms with Gasteiger partial charge in [-0.25, -0.2) is 4.79 Å². The van der Waals surface area contributed by atoms with Gasteiger partial charge >= 0.3 is 6.03 Å². The van der Waals surface area contributed by atoms with Gasteiger partial charge in [0.25, 0.3) is 0 Å². The molecule has 51 heavy (non-hydrogen) atoms. The molecule has 1 saturated heterocycles. The number of primary amides is 1. The molecular weight excluding hydrogens is 644 g/mol. The number of phenols is 1. The Morgan fingerprint density at radius 3 is 2.18 bits per heavy atom. The Kier molecular flexibility index (Phi) is 7.78. The maximum Gasteiger partial charge on any atom is 0.328 e. The topological polar surface area (TPSA) is 144 Å². The zero-order chi connectivity index (χ0) is 35.4. The van der Waals surface area contributed by atoms with E-state index in [1.165, 1.54) is 12.1 Å². The zero-order valence-corrected chi connectivity index (χ0v) is 27.5. The van der Waals surface area contributed by atoms with E-state index in [1.807, 2.05) is 72.8 Å². The van der Waals surface area contributed by atoms with Gasteiger partial charge in [0.05, 0.1) is 17.3 Å². The lowest BCUT2D eigenvalue weighted by atomic mass is 9.44. The second kappa shape index (κ2) is 12.4. The number of ketones is 2. The monoisotopic (exact) mass is 678 g/mol. The van der Waals surface area contributed by atoms with Crippen molar-refractivity contribution < 1.29 is 33.8 Å². The van der Waals surface area contributed by atoms with Gasteiger partial charge in [-0.15, -0.1) is 0 Å². The summed E-state index contributed by atoms with van der Waals surface area (Å²) in [4.78, 5) is 70.2. The first kappa shape index (κ1) is 32.1. The molecule has 0 bridgehead atoms.